The van der Waals surface area contributed by atoms with E-state index in [-0.39, 0.29) is 16.7 Å². The lowest BCUT2D eigenvalue weighted by molar-refractivity contribution is -0.384. The Morgan fingerprint density at radius 2 is 2.40 bits per heavy atom. The summed E-state index contributed by atoms with van der Waals surface area (Å²) in [7, 11) is 0. The molecule has 0 aliphatic rings. The summed E-state index contributed by atoms with van der Waals surface area (Å²) >= 11 is 5.58. The van der Waals surface area contributed by atoms with Crippen LogP contribution in [-0.2, 0) is 0 Å². The Bertz CT molecular complexity index is 408. The molecule has 0 amide bonds. The fourth-order valence-corrected chi connectivity index (χ4v) is 1.09. The van der Waals surface area contributed by atoms with Gasteiger partial charge in [0.05, 0.1) is 4.92 Å². The fourth-order valence-electron chi connectivity index (χ4n) is 0.883. The smallest absolute Gasteiger partial charge is 0.348 e. The minimum absolute atomic E-state index is 0.100. The zero-order chi connectivity index (χ0) is 11.4. The van der Waals surface area contributed by atoms with Crippen LogP contribution >= 0.6 is 11.6 Å². The van der Waals surface area contributed by atoms with E-state index in [0.29, 0.717) is 6.54 Å². The van der Waals surface area contributed by atoms with E-state index in [2.05, 4.69) is 21.9 Å². The van der Waals surface area contributed by atoms with Gasteiger partial charge >= 0.3 is 5.69 Å². The Hall–Kier alpha value is -1.69. The normalized spacial score (nSPS) is 9.73. The molecule has 0 saturated heterocycles. The third-order valence-electron chi connectivity index (χ3n) is 1.52. The maximum Gasteiger partial charge on any atom is 0.348 e. The molecule has 1 rings (SSSR count). The van der Waals surface area contributed by atoms with Crippen molar-refractivity contribution in [2.24, 2.45) is 0 Å². The van der Waals surface area contributed by atoms with Gasteiger partial charge in [0.1, 0.15) is 6.33 Å². The van der Waals surface area contributed by atoms with E-state index in [0.717, 1.165) is 11.9 Å². The highest BCUT2D eigenvalue weighted by atomic mass is 35.5. The van der Waals surface area contributed by atoms with Gasteiger partial charge in [0, 0.05) is 6.54 Å². The molecule has 80 valence electrons. The first-order valence-corrected chi connectivity index (χ1v) is 4.43. The second kappa shape index (κ2) is 4.70. The van der Waals surface area contributed by atoms with Gasteiger partial charge < -0.3 is 5.32 Å². The summed E-state index contributed by atoms with van der Waals surface area (Å²) < 4.78 is 0. The van der Waals surface area contributed by atoms with E-state index >= 15 is 0 Å². The predicted octanol–water partition coefficient (Wildman–Crippen LogP) is 2.03. The molecule has 1 heterocycles. The minimum Gasteiger partial charge on any atom is -0.360 e. The summed E-state index contributed by atoms with van der Waals surface area (Å²) in [5.41, 5.74) is 0.513. The average Bonchev–Trinajstić information content (AvgIpc) is 2.13. The molecule has 1 aromatic rings. The summed E-state index contributed by atoms with van der Waals surface area (Å²) in [6.45, 7) is 5.85. The SMILES string of the molecule is C=C(C)CNc1ncnc(Cl)c1[N+](=O)[O-]. The molecule has 0 aliphatic heterocycles. The van der Waals surface area contributed by atoms with Gasteiger partial charge in [0.15, 0.2) is 0 Å². The summed E-state index contributed by atoms with van der Waals surface area (Å²) in [6.07, 6.45) is 1.16. The lowest BCUT2D eigenvalue weighted by atomic mass is 10.3. The Labute approximate surface area is 91.1 Å². The number of hydrogen-bond acceptors (Lipinski definition) is 5. The van der Waals surface area contributed by atoms with E-state index in [9.17, 15) is 10.1 Å². The van der Waals surface area contributed by atoms with Crippen LogP contribution in [0, 0.1) is 10.1 Å². The number of halogens is 1. The van der Waals surface area contributed by atoms with Gasteiger partial charge in [0.2, 0.25) is 11.0 Å². The van der Waals surface area contributed by atoms with Crippen molar-refractivity contribution in [1.29, 1.82) is 0 Å². The Balaban J connectivity index is 3.01. The topological polar surface area (TPSA) is 81.0 Å². The molecule has 0 fully saturated rings. The van der Waals surface area contributed by atoms with Crippen molar-refractivity contribution in [3.63, 3.8) is 0 Å². The summed E-state index contributed by atoms with van der Waals surface area (Å²) in [5, 5.41) is 13.2. The minimum atomic E-state index is -0.622. The van der Waals surface area contributed by atoms with Crippen LogP contribution in [0.25, 0.3) is 0 Å². The number of rotatable bonds is 4. The largest absolute Gasteiger partial charge is 0.360 e. The van der Waals surface area contributed by atoms with Crippen molar-refractivity contribution >= 4 is 23.1 Å². The Morgan fingerprint density at radius 3 is 2.93 bits per heavy atom. The molecule has 7 heteroatoms. The van der Waals surface area contributed by atoms with Crippen LogP contribution in [-0.4, -0.2) is 21.4 Å². The van der Waals surface area contributed by atoms with Crippen molar-refractivity contribution in [2.75, 3.05) is 11.9 Å². The molecule has 0 aliphatic carbocycles. The zero-order valence-corrected chi connectivity index (χ0v) is 8.78. The first-order valence-electron chi connectivity index (χ1n) is 4.05. The van der Waals surface area contributed by atoms with E-state index in [1.165, 1.54) is 0 Å². The zero-order valence-electron chi connectivity index (χ0n) is 8.03. The lowest BCUT2D eigenvalue weighted by Crippen LogP contribution is -2.07. The van der Waals surface area contributed by atoms with Crippen LogP contribution in [0.1, 0.15) is 6.92 Å². The van der Waals surface area contributed by atoms with Gasteiger partial charge in [-0.2, -0.15) is 0 Å². The summed E-state index contributed by atoms with van der Waals surface area (Å²) in [5.74, 6) is 0.100. The molecule has 0 bridgehead atoms. The van der Waals surface area contributed by atoms with Crippen LogP contribution in [0.4, 0.5) is 11.5 Å². The van der Waals surface area contributed by atoms with Gasteiger partial charge in [-0.15, -0.1) is 0 Å². The van der Waals surface area contributed by atoms with Crippen molar-refractivity contribution < 1.29 is 4.92 Å². The van der Waals surface area contributed by atoms with Crippen LogP contribution in [0.5, 0.6) is 0 Å². The Kier molecular flexibility index (Phi) is 3.56. The molecule has 0 spiro atoms. The van der Waals surface area contributed by atoms with Gasteiger partial charge in [-0.05, 0) is 6.92 Å². The fraction of sp³-hybridized carbons (Fsp3) is 0.250. The lowest BCUT2D eigenvalue weighted by Gasteiger charge is -2.05. The quantitative estimate of drug-likeness (QED) is 0.369. The van der Waals surface area contributed by atoms with Gasteiger partial charge in [0.25, 0.3) is 0 Å². The van der Waals surface area contributed by atoms with Crippen LogP contribution in [0.15, 0.2) is 18.5 Å². The summed E-state index contributed by atoms with van der Waals surface area (Å²) in [4.78, 5) is 17.3. The molecule has 0 atom stereocenters. The number of anilines is 1. The van der Waals surface area contributed by atoms with Crippen molar-refractivity contribution in [1.82, 2.24) is 9.97 Å². The van der Waals surface area contributed by atoms with Crippen molar-refractivity contribution in [2.45, 2.75) is 6.92 Å². The number of nitro groups is 1. The van der Waals surface area contributed by atoms with E-state index in [1.54, 1.807) is 6.92 Å². The van der Waals surface area contributed by atoms with Gasteiger partial charge in [-0.25, -0.2) is 9.97 Å². The maximum atomic E-state index is 10.7. The van der Waals surface area contributed by atoms with Crippen LogP contribution in [0.2, 0.25) is 5.15 Å². The maximum absolute atomic E-state index is 10.7. The van der Waals surface area contributed by atoms with Crippen molar-refractivity contribution in [3.05, 3.63) is 33.7 Å². The highest BCUT2D eigenvalue weighted by molar-refractivity contribution is 6.31. The third kappa shape index (κ3) is 2.88. The molecular weight excluding hydrogens is 220 g/mol. The number of nitrogens with zero attached hydrogens (tertiary/aromatic N) is 3. The highest BCUT2D eigenvalue weighted by Gasteiger charge is 2.20. The monoisotopic (exact) mass is 228 g/mol. The number of hydrogen-bond donors (Lipinski definition) is 1. The van der Waals surface area contributed by atoms with Crippen molar-refractivity contribution in [3.8, 4) is 0 Å². The average molecular weight is 229 g/mol. The molecule has 1 aromatic heterocycles. The van der Waals surface area contributed by atoms with E-state index in [4.69, 9.17) is 11.6 Å². The first kappa shape index (κ1) is 11.4. The molecule has 15 heavy (non-hydrogen) atoms. The highest BCUT2D eigenvalue weighted by Crippen LogP contribution is 2.28. The number of nitrogens with one attached hydrogen (secondary N) is 1. The molecule has 0 saturated carbocycles. The molecular formula is C8H9ClN4O2. The Morgan fingerprint density at radius 1 is 1.73 bits per heavy atom. The predicted molar refractivity (Wildman–Crippen MR) is 57.0 cm³/mol. The molecule has 0 radical (unpaired) electrons. The first-order chi connectivity index (χ1) is 7.02. The molecule has 6 nitrogen and oxygen atoms in total. The van der Waals surface area contributed by atoms with Gasteiger partial charge in [-0.1, -0.05) is 23.8 Å². The van der Waals surface area contributed by atoms with Crippen LogP contribution < -0.4 is 5.32 Å². The van der Waals surface area contributed by atoms with E-state index in [1.807, 2.05) is 0 Å². The second-order valence-corrected chi connectivity index (χ2v) is 3.29. The number of aromatic nitrogens is 2. The third-order valence-corrected chi connectivity index (χ3v) is 1.79. The standard InChI is InChI=1S/C8H9ClN4O2/c1-5(2)3-10-8-6(13(14)15)7(9)11-4-12-8/h4H,1,3H2,2H3,(H,10,11,12). The van der Waals surface area contributed by atoms with E-state index < -0.39 is 4.92 Å². The molecule has 0 unspecified atom stereocenters. The van der Waals surface area contributed by atoms with Gasteiger partial charge in [-0.3, -0.25) is 10.1 Å². The molecule has 0 aromatic carbocycles. The molecule has 1 N–H and O–H groups in total. The van der Waals surface area contributed by atoms with Crippen LogP contribution in [0.3, 0.4) is 0 Å². The summed E-state index contributed by atoms with van der Waals surface area (Å²) in [6, 6.07) is 0. The second-order valence-electron chi connectivity index (χ2n) is 2.93.